The van der Waals surface area contributed by atoms with Crippen LogP contribution in [0.5, 0.6) is 0 Å². The summed E-state index contributed by atoms with van der Waals surface area (Å²) in [7, 11) is 0. The largest absolute Gasteiger partial charge is 0.416 e. The Balaban J connectivity index is 2.39. The third-order valence-electron chi connectivity index (χ3n) is 1.88. The Morgan fingerprint density at radius 1 is 1.33 bits per heavy atom. The topological polar surface area (TPSA) is 34.1 Å². The van der Waals surface area contributed by atoms with E-state index in [9.17, 15) is 22.0 Å². The van der Waals surface area contributed by atoms with E-state index in [0.717, 1.165) is 18.3 Å². The fourth-order valence-corrected chi connectivity index (χ4v) is 1.13. The number of hydrogen-bond donors (Lipinski definition) is 1. The molecule has 0 aliphatic rings. The van der Waals surface area contributed by atoms with Crippen LogP contribution in [0, 0.1) is 0 Å². The molecule has 0 saturated carbocycles. The number of halogens is 5. The molecule has 0 fully saturated rings. The van der Waals surface area contributed by atoms with Gasteiger partial charge in [-0.3, -0.25) is 0 Å². The minimum absolute atomic E-state index is 0.0190. The minimum atomic E-state index is -4.44. The quantitative estimate of drug-likeness (QED) is 0.637. The molecule has 0 bridgehead atoms. The zero-order valence-electron chi connectivity index (χ0n) is 9.18. The van der Waals surface area contributed by atoms with Gasteiger partial charge in [0.15, 0.2) is 0 Å². The summed E-state index contributed by atoms with van der Waals surface area (Å²) in [4.78, 5) is 3.67. The molecule has 18 heavy (non-hydrogen) atoms. The molecule has 0 atom stereocenters. The fourth-order valence-electron chi connectivity index (χ4n) is 1.13. The van der Waals surface area contributed by atoms with Gasteiger partial charge in [0.05, 0.1) is 12.2 Å². The number of nitrogens with zero attached hydrogens (tertiary/aromatic N) is 1. The lowest BCUT2D eigenvalue weighted by atomic mass is 10.2. The van der Waals surface area contributed by atoms with Gasteiger partial charge in [0, 0.05) is 12.7 Å². The molecule has 3 nitrogen and oxygen atoms in total. The lowest BCUT2D eigenvalue weighted by molar-refractivity contribution is -0.137. The number of pyridine rings is 1. The highest BCUT2D eigenvalue weighted by Crippen LogP contribution is 2.29. The molecule has 0 spiro atoms. The molecule has 1 rings (SSSR count). The molecule has 0 radical (unpaired) electrons. The third kappa shape index (κ3) is 5.26. The second kappa shape index (κ2) is 6.48. The van der Waals surface area contributed by atoms with Crippen LogP contribution >= 0.6 is 0 Å². The lowest BCUT2D eigenvalue weighted by Crippen LogP contribution is -2.14. The van der Waals surface area contributed by atoms with Crippen molar-refractivity contribution in [3.8, 4) is 0 Å². The van der Waals surface area contributed by atoms with Crippen LogP contribution in [0.3, 0.4) is 0 Å². The zero-order valence-corrected chi connectivity index (χ0v) is 9.18. The SMILES string of the molecule is FC(F)COCCNc1cc(C(F)(F)F)ccn1. The van der Waals surface area contributed by atoms with Crippen molar-refractivity contribution in [2.24, 2.45) is 0 Å². The molecule has 102 valence electrons. The molecule has 0 unspecified atom stereocenters. The van der Waals surface area contributed by atoms with E-state index in [-0.39, 0.29) is 19.0 Å². The number of anilines is 1. The number of aromatic nitrogens is 1. The summed E-state index contributed by atoms with van der Waals surface area (Å²) in [6.07, 6.45) is -5.98. The van der Waals surface area contributed by atoms with E-state index in [0.29, 0.717) is 0 Å². The highest BCUT2D eigenvalue weighted by molar-refractivity contribution is 5.38. The average molecular weight is 270 g/mol. The first-order valence-corrected chi connectivity index (χ1v) is 5.02. The van der Waals surface area contributed by atoms with Crippen molar-refractivity contribution in [1.29, 1.82) is 0 Å². The molecule has 1 aromatic heterocycles. The summed E-state index contributed by atoms with van der Waals surface area (Å²) >= 11 is 0. The van der Waals surface area contributed by atoms with Crippen LogP contribution in [0.1, 0.15) is 5.56 Å². The van der Waals surface area contributed by atoms with Crippen molar-refractivity contribution in [2.75, 3.05) is 25.1 Å². The van der Waals surface area contributed by atoms with E-state index >= 15 is 0 Å². The molecule has 0 aliphatic carbocycles. The highest BCUT2D eigenvalue weighted by atomic mass is 19.4. The first-order valence-electron chi connectivity index (χ1n) is 5.02. The maximum atomic E-state index is 12.3. The van der Waals surface area contributed by atoms with Crippen molar-refractivity contribution >= 4 is 5.82 Å². The van der Waals surface area contributed by atoms with Crippen molar-refractivity contribution in [2.45, 2.75) is 12.6 Å². The van der Waals surface area contributed by atoms with Gasteiger partial charge in [0.2, 0.25) is 0 Å². The predicted octanol–water partition coefficient (Wildman–Crippen LogP) is 2.79. The van der Waals surface area contributed by atoms with E-state index in [4.69, 9.17) is 0 Å². The van der Waals surface area contributed by atoms with Crippen LogP contribution < -0.4 is 5.32 Å². The van der Waals surface area contributed by atoms with Gasteiger partial charge in [0.25, 0.3) is 6.43 Å². The Labute approximate surface area is 100.0 Å². The lowest BCUT2D eigenvalue weighted by Gasteiger charge is -2.09. The van der Waals surface area contributed by atoms with Gasteiger partial charge in [-0.25, -0.2) is 13.8 Å². The van der Waals surface area contributed by atoms with Gasteiger partial charge in [-0.1, -0.05) is 0 Å². The second-order valence-electron chi connectivity index (χ2n) is 3.32. The number of rotatable bonds is 6. The Hall–Kier alpha value is -1.44. The fraction of sp³-hybridized carbons (Fsp3) is 0.500. The number of alkyl halides is 5. The summed E-state index contributed by atoms with van der Waals surface area (Å²) < 4.78 is 64.9. The maximum Gasteiger partial charge on any atom is 0.416 e. The van der Waals surface area contributed by atoms with E-state index in [2.05, 4.69) is 15.0 Å². The summed E-state index contributed by atoms with van der Waals surface area (Å²) in [5.41, 5.74) is -0.825. The highest BCUT2D eigenvalue weighted by Gasteiger charge is 2.30. The van der Waals surface area contributed by atoms with Crippen molar-refractivity contribution in [1.82, 2.24) is 4.98 Å². The van der Waals surface area contributed by atoms with Crippen LogP contribution in [-0.4, -0.2) is 31.2 Å². The molecular formula is C10H11F5N2O. The smallest absolute Gasteiger partial charge is 0.374 e. The van der Waals surface area contributed by atoms with Crippen LogP contribution in [0.15, 0.2) is 18.3 Å². The molecule has 0 amide bonds. The van der Waals surface area contributed by atoms with Crippen LogP contribution in [0.4, 0.5) is 27.8 Å². The number of hydrogen-bond acceptors (Lipinski definition) is 3. The van der Waals surface area contributed by atoms with E-state index < -0.39 is 24.8 Å². The van der Waals surface area contributed by atoms with Crippen LogP contribution in [0.25, 0.3) is 0 Å². The molecule has 0 aromatic carbocycles. The second-order valence-corrected chi connectivity index (χ2v) is 3.32. The van der Waals surface area contributed by atoms with Crippen LogP contribution in [-0.2, 0) is 10.9 Å². The van der Waals surface area contributed by atoms with Crippen molar-refractivity contribution < 1.29 is 26.7 Å². The summed E-state index contributed by atoms with van der Waals surface area (Å²) in [6.45, 7) is -0.638. The average Bonchev–Trinajstić information content (AvgIpc) is 2.27. The van der Waals surface area contributed by atoms with Gasteiger partial charge in [-0.15, -0.1) is 0 Å². The molecule has 1 aromatic rings. The first kappa shape index (κ1) is 14.6. The molecule has 0 saturated heterocycles. The van der Waals surface area contributed by atoms with E-state index in [1.165, 1.54) is 0 Å². The van der Waals surface area contributed by atoms with Gasteiger partial charge in [-0.2, -0.15) is 13.2 Å². The van der Waals surface area contributed by atoms with E-state index in [1.807, 2.05) is 0 Å². The van der Waals surface area contributed by atoms with Crippen molar-refractivity contribution in [3.05, 3.63) is 23.9 Å². The molecule has 1 N–H and O–H groups in total. The predicted molar refractivity (Wildman–Crippen MR) is 54.6 cm³/mol. The Bertz CT molecular complexity index is 370. The number of ether oxygens (including phenoxy) is 1. The number of nitrogens with one attached hydrogen (secondary N) is 1. The molecular weight excluding hydrogens is 259 g/mol. The Morgan fingerprint density at radius 3 is 2.67 bits per heavy atom. The van der Waals surface area contributed by atoms with E-state index in [1.54, 1.807) is 0 Å². The van der Waals surface area contributed by atoms with Gasteiger partial charge in [-0.05, 0) is 12.1 Å². The summed E-state index contributed by atoms with van der Waals surface area (Å²) in [5.74, 6) is 0.0190. The third-order valence-corrected chi connectivity index (χ3v) is 1.88. The van der Waals surface area contributed by atoms with Crippen LogP contribution in [0.2, 0.25) is 0 Å². The molecule has 1 heterocycles. The summed E-state index contributed by atoms with van der Waals surface area (Å²) in [5, 5.41) is 2.55. The molecule has 8 heteroatoms. The van der Waals surface area contributed by atoms with Gasteiger partial charge < -0.3 is 10.1 Å². The molecule has 0 aliphatic heterocycles. The van der Waals surface area contributed by atoms with Gasteiger partial charge in [0.1, 0.15) is 12.4 Å². The summed E-state index contributed by atoms with van der Waals surface area (Å²) in [6, 6.07) is 1.69. The minimum Gasteiger partial charge on any atom is -0.374 e. The Morgan fingerprint density at radius 2 is 2.06 bits per heavy atom. The normalized spacial score (nSPS) is 11.9. The Kier molecular flexibility index (Phi) is 5.26. The monoisotopic (exact) mass is 270 g/mol. The first-order chi connectivity index (χ1) is 8.39. The van der Waals surface area contributed by atoms with Crippen molar-refractivity contribution in [3.63, 3.8) is 0 Å². The standard InChI is InChI=1S/C10H11F5N2O/c11-8(12)6-18-4-3-17-9-5-7(1-2-16-9)10(13,14)15/h1-2,5,8H,3-4,6H2,(H,16,17). The van der Waals surface area contributed by atoms with Gasteiger partial charge >= 0.3 is 6.18 Å². The zero-order chi connectivity index (χ0) is 13.6. The maximum absolute atomic E-state index is 12.3.